The van der Waals surface area contributed by atoms with Crippen molar-refractivity contribution in [2.75, 3.05) is 20.1 Å². The first-order chi connectivity index (χ1) is 8.34. The maximum Gasteiger partial charge on any atom is 0.0188 e. The first-order valence-electron chi connectivity index (χ1n) is 7.16. The van der Waals surface area contributed by atoms with E-state index in [2.05, 4.69) is 58.1 Å². The highest BCUT2D eigenvalue weighted by molar-refractivity contribution is 4.96. The molecule has 0 radical (unpaired) electrons. The SMILES string of the molecule is C=C(CCC(C)C)NCCCN(C)C(=C)C(C)C. The van der Waals surface area contributed by atoms with Crippen molar-refractivity contribution < 1.29 is 0 Å². The molecule has 0 aliphatic heterocycles. The quantitative estimate of drug-likeness (QED) is 0.591. The van der Waals surface area contributed by atoms with Gasteiger partial charge >= 0.3 is 0 Å². The van der Waals surface area contributed by atoms with E-state index in [9.17, 15) is 0 Å². The molecule has 0 aliphatic rings. The van der Waals surface area contributed by atoms with Crippen LogP contribution in [0.1, 0.15) is 47.0 Å². The molecule has 0 unspecified atom stereocenters. The van der Waals surface area contributed by atoms with Crippen LogP contribution < -0.4 is 5.32 Å². The molecule has 0 rings (SSSR count). The van der Waals surface area contributed by atoms with E-state index in [1.54, 1.807) is 0 Å². The van der Waals surface area contributed by atoms with Crippen molar-refractivity contribution in [3.63, 3.8) is 0 Å². The Morgan fingerprint density at radius 2 is 1.78 bits per heavy atom. The third-order valence-corrected chi connectivity index (χ3v) is 3.23. The molecule has 0 spiro atoms. The van der Waals surface area contributed by atoms with Crippen molar-refractivity contribution in [3.8, 4) is 0 Å². The van der Waals surface area contributed by atoms with Gasteiger partial charge in [-0.25, -0.2) is 0 Å². The lowest BCUT2D eigenvalue weighted by Gasteiger charge is -2.24. The van der Waals surface area contributed by atoms with Gasteiger partial charge in [-0.1, -0.05) is 40.9 Å². The third-order valence-electron chi connectivity index (χ3n) is 3.23. The number of allylic oxidation sites excluding steroid dienone is 2. The van der Waals surface area contributed by atoms with Gasteiger partial charge in [0.2, 0.25) is 0 Å². The Kier molecular flexibility index (Phi) is 8.61. The monoisotopic (exact) mass is 252 g/mol. The maximum atomic E-state index is 4.10. The zero-order chi connectivity index (χ0) is 14.1. The van der Waals surface area contributed by atoms with Gasteiger partial charge in [0.1, 0.15) is 0 Å². The van der Waals surface area contributed by atoms with Crippen LogP contribution in [0, 0.1) is 11.8 Å². The maximum absolute atomic E-state index is 4.10. The van der Waals surface area contributed by atoms with E-state index >= 15 is 0 Å². The summed E-state index contributed by atoms with van der Waals surface area (Å²) in [5.41, 5.74) is 2.39. The first-order valence-corrected chi connectivity index (χ1v) is 7.16. The zero-order valence-electron chi connectivity index (χ0n) is 13.1. The minimum absolute atomic E-state index is 0.531. The molecule has 2 nitrogen and oxygen atoms in total. The third kappa shape index (κ3) is 8.21. The molecule has 18 heavy (non-hydrogen) atoms. The average molecular weight is 252 g/mol. The Balaban J connectivity index is 3.61. The molecule has 0 aromatic rings. The summed E-state index contributed by atoms with van der Waals surface area (Å²) in [7, 11) is 2.12. The zero-order valence-corrected chi connectivity index (χ0v) is 13.1. The van der Waals surface area contributed by atoms with Crippen molar-refractivity contribution in [2.24, 2.45) is 11.8 Å². The lowest BCUT2D eigenvalue weighted by atomic mass is 10.1. The molecule has 0 saturated heterocycles. The summed E-state index contributed by atoms with van der Waals surface area (Å²) < 4.78 is 0. The normalized spacial score (nSPS) is 10.8. The van der Waals surface area contributed by atoms with Crippen LogP contribution in [0.2, 0.25) is 0 Å². The summed E-state index contributed by atoms with van der Waals surface area (Å²) in [6.45, 7) is 19.1. The Labute approximate surface area is 114 Å². The Bertz CT molecular complexity index is 254. The van der Waals surface area contributed by atoms with Gasteiger partial charge in [-0.05, 0) is 31.1 Å². The molecule has 0 amide bonds. The second kappa shape index (κ2) is 9.07. The van der Waals surface area contributed by atoms with E-state index in [4.69, 9.17) is 0 Å². The van der Waals surface area contributed by atoms with Crippen LogP contribution in [-0.2, 0) is 0 Å². The Morgan fingerprint density at radius 1 is 1.17 bits per heavy atom. The molecule has 2 heteroatoms. The fourth-order valence-corrected chi connectivity index (χ4v) is 1.72. The minimum atomic E-state index is 0.531. The Hall–Kier alpha value is -0.920. The van der Waals surface area contributed by atoms with Gasteiger partial charge in [0.25, 0.3) is 0 Å². The second-order valence-electron chi connectivity index (χ2n) is 5.88. The van der Waals surface area contributed by atoms with Crippen molar-refractivity contribution in [1.29, 1.82) is 0 Å². The molecule has 0 fully saturated rings. The van der Waals surface area contributed by atoms with E-state index < -0.39 is 0 Å². The summed E-state index contributed by atoms with van der Waals surface area (Å²) in [5.74, 6) is 1.29. The van der Waals surface area contributed by atoms with Gasteiger partial charge in [0, 0.05) is 31.5 Å². The molecule has 1 N–H and O–H groups in total. The fourth-order valence-electron chi connectivity index (χ4n) is 1.72. The molecule has 0 bridgehead atoms. The largest absolute Gasteiger partial charge is 0.389 e. The van der Waals surface area contributed by atoms with Crippen molar-refractivity contribution in [2.45, 2.75) is 47.0 Å². The lowest BCUT2D eigenvalue weighted by Crippen LogP contribution is -2.25. The van der Waals surface area contributed by atoms with Gasteiger partial charge in [-0.15, -0.1) is 0 Å². The van der Waals surface area contributed by atoms with Crippen LogP contribution in [0.15, 0.2) is 24.6 Å². The highest BCUT2D eigenvalue weighted by Crippen LogP contribution is 2.11. The second-order valence-corrected chi connectivity index (χ2v) is 5.88. The van der Waals surface area contributed by atoms with Crippen molar-refractivity contribution >= 4 is 0 Å². The summed E-state index contributed by atoms with van der Waals surface area (Å²) in [6.07, 6.45) is 3.44. The van der Waals surface area contributed by atoms with Crippen LogP contribution >= 0.6 is 0 Å². The summed E-state index contributed by atoms with van der Waals surface area (Å²) in [6, 6.07) is 0. The van der Waals surface area contributed by atoms with Gasteiger partial charge in [0.05, 0.1) is 0 Å². The van der Waals surface area contributed by atoms with E-state index in [1.165, 1.54) is 17.8 Å². The van der Waals surface area contributed by atoms with Crippen molar-refractivity contribution in [1.82, 2.24) is 10.2 Å². The van der Waals surface area contributed by atoms with Gasteiger partial charge < -0.3 is 10.2 Å². The number of nitrogens with zero attached hydrogens (tertiary/aromatic N) is 1. The molecule has 0 saturated carbocycles. The van der Waals surface area contributed by atoms with Crippen molar-refractivity contribution in [3.05, 3.63) is 24.6 Å². The smallest absolute Gasteiger partial charge is 0.0188 e. The molecular weight excluding hydrogens is 220 g/mol. The highest BCUT2D eigenvalue weighted by atomic mass is 15.1. The first kappa shape index (κ1) is 17.1. The van der Waals surface area contributed by atoms with E-state index in [0.29, 0.717) is 5.92 Å². The van der Waals surface area contributed by atoms with E-state index in [0.717, 1.165) is 31.8 Å². The molecule has 106 valence electrons. The molecule has 0 aromatic heterocycles. The van der Waals surface area contributed by atoms with Gasteiger partial charge in [-0.3, -0.25) is 0 Å². The number of hydrogen-bond donors (Lipinski definition) is 1. The topological polar surface area (TPSA) is 15.3 Å². The number of hydrogen-bond acceptors (Lipinski definition) is 2. The number of nitrogens with one attached hydrogen (secondary N) is 1. The summed E-state index contributed by atoms with van der Waals surface area (Å²) in [5, 5.41) is 3.41. The van der Waals surface area contributed by atoms with Crippen LogP contribution in [-0.4, -0.2) is 25.0 Å². The summed E-state index contributed by atoms with van der Waals surface area (Å²) >= 11 is 0. The Morgan fingerprint density at radius 3 is 2.28 bits per heavy atom. The molecule has 0 heterocycles. The molecule has 0 aromatic carbocycles. The summed E-state index contributed by atoms with van der Waals surface area (Å²) in [4.78, 5) is 2.25. The minimum Gasteiger partial charge on any atom is -0.389 e. The molecular formula is C16H32N2. The molecule has 0 atom stereocenters. The van der Waals surface area contributed by atoms with Crippen LogP contribution in [0.25, 0.3) is 0 Å². The van der Waals surface area contributed by atoms with Gasteiger partial charge in [0.15, 0.2) is 0 Å². The van der Waals surface area contributed by atoms with Gasteiger partial charge in [-0.2, -0.15) is 0 Å². The lowest BCUT2D eigenvalue weighted by molar-refractivity contribution is 0.368. The van der Waals surface area contributed by atoms with Crippen LogP contribution in [0.4, 0.5) is 0 Å². The standard InChI is InChI=1S/C16H32N2/c1-13(2)9-10-15(5)17-11-8-12-18(7)16(6)14(3)4/h13-14,17H,5-6,8-12H2,1-4,7H3. The highest BCUT2D eigenvalue weighted by Gasteiger charge is 2.05. The predicted molar refractivity (Wildman–Crippen MR) is 82.4 cm³/mol. The van der Waals surface area contributed by atoms with E-state index in [1.807, 2.05) is 0 Å². The average Bonchev–Trinajstić information content (AvgIpc) is 2.30. The molecule has 0 aliphatic carbocycles. The number of rotatable bonds is 10. The van der Waals surface area contributed by atoms with E-state index in [-0.39, 0.29) is 0 Å². The van der Waals surface area contributed by atoms with Crippen LogP contribution in [0.5, 0.6) is 0 Å². The van der Waals surface area contributed by atoms with Crippen LogP contribution in [0.3, 0.4) is 0 Å². The predicted octanol–water partition coefficient (Wildman–Crippen LogP) is 4.02. The fraction of sp³-hybridized carbons (Fsp3) is 0.750.